The van der Waals surface area contributed by atoms with E-state index >= 15 is 0 Å². The lowest BCUT2D eigenvalue weighted by Gasteiger charge is -2.17. The molecule has 0 radical (unpaired) electrons. The first-order chi connectivity index (χ1) is 16.5. The summed E-state index contributed by atoms with van der Waals surface area (Å²) >= 11 is 0. The Balaban J connectivity index is 1.42. The smallest absolute Gasteiger partial charge is 0.267 e. The number of ether oxygens (including phenoxy) is 1. The number of aryl methyl sites for hydroxylation is 2. The first-order valence-corrected chi connectivity index (χ1v) is 11.7. The largest absolute Gasteiger partial charge is 0.494 e. The Hall–Kier alpha value is -3.75. The normalized spacial score (nSPS) is 13.7. The Morgan fingerprint density at radius 1 is 1.06 bits per heavy atom. The summed E-state index contributed by atoms with van der Waals surface area (Å²) < 4.78 is 8.03. The van der Waals surface area contributed by atoms with Crippen molar-refractivity contribution in [3.05, 3.63) is 74.4 Å². The molecule has 1 aromatic carbocycles. The second-order valence-corrected chi connectivity index (χ2v) is 8.31. The summed E-state index contributed by atoms with van der Waals surface area (Å²) in [7, 11) is 0. The van der Waals surface area contributed by atoms with Crippen LogP contribution in [0, 0.1) is 0 Å². The number of benzene rings is 1. The molecular formula is C25H29N5O4. The van der Waals surface area contributed by atoms with E-state index in [2.05, 4.69) is 15.5 Å². The molecule has 0 spiro atoms. The van der Waals surface area contributed by atoms with E-state index in [4.69, 9.17) is 4.74 Å². The van der Waals surface area contributed by atoms with Crippen molar-refractivity contribution in [2.45, 2.75) is 52.1 Å². The third kappa shape index (κ3) is 5.24. The number of amides is 1. The molecule has 0 saturated carbocycles. The van der Waals surface area contributed by atoms with Gasteiger partial charge >= 0.3 is 0 Å². The Morgan fingerprint density at radius 3 is 2.59 bits per heavy atom. The zero-order chi connectivity index (χ0) is 24.1. The average molecular weight is 464 g/mol. The second-order valence-electron chi connectivity index (χ2n) is 8.31. The number of hydrogen-bond acceptors (Lipinski definition) is 6. The van der Waals surface area contributed by atoms with E-state index in [0.29, 0.717) is 12.3 Å². The molecule has 0 aliphatic heterocycles. The topological polar surface area (TPSA) is 108 Å². The van der Waals surface area contributed by atoms with Gasteiger partial charge in [-0.3, -0.25) is 14.4 Å². The van der Waals surface area contributed by atoms with Gasteiger partial charge in [-0.2, -0.15) is 10.2 Å². The molecule has 1 unspecified atom stereocenters. The van der Waals surface area contributed by atoms with E-state index < -0.39 is 6.04 Å². The summed E-state index contributed by atoms with van der Waals surface area (Å²) in [5, 5.41) is 11.7. The van der Waals surface area contributed by atoms with Crippen molar-refractivity contribution in [1.29, 1.82) is 0 Å². The first-order valence-electron chi connectivity index (χ1n) is 11.7. The summed E-state index contributed by atoms with van der Waals surface area (Å²) in [6.07, 6.45) is 3.92. The number of rotatable bonds is 8. The van der Waals surface area contributed by atoms with Crippen molar-refractivity contribution in [2.24, 2.45) is 0 Å². The molecule has 1 aliphatic rings. The number of hydrogen-bond donors (Lipinski definition) is 1. The number of aromatic nitrogens is 4. The molecule has 9 nitrogen and oxygen atoms in total. The Bertz CT molecular complexity index is 1280. The van der Waals surface area contributed by atoms with Crippen LogP contribution in [0.3, 0.4) is 0 Å². The van der Waals surface area contributed by atoms with Gasteiger partial charge in [0.05, 0.1) is 24.5 Å². The van der Waals surface area contributed by atoms with Gasteiger partial charge in [0.15, 0.2) is 0 Å². The van der Waals surface area contributed by atoms with Crippen LogP contribution in [0.5, 0.6) is 5.75 Å². The van der Waals surface area contributed by atoms with Gasteiger partial charge in [-0.05, 0) is 75.4 Å². The molecule has 0 bridgehead atoms. The van der Waals surface area contributed by atoms with Crippen LogP contribution in [0.15, 0.2) is 52.1 Å². The Morgan fingerprint density at radius 2 is 1.82 bits per heavy atom. The van der Waals surface area contributed by atoms with Crippen molar-refractivity contribution in [3.63, 3.8) is 0 Å². The van der Waals surface area contributed by atoms with Crippen molar-refractivity contribution in [3.8, 4) is 17.0 Å². The van der Waals surface area contributed by atoms with Crippen LogP contribution in [-0.2, 0) is 24.2 Å². The molecule has 1 atom stereocenters. The van der Waals surface area contributed by atoms with E-state index in [9.17, 15) is 14.4 Å². The fraction of sp³-hybridized carbons (Fsp3) is 0.400. The lowest BCUT2D eigenvalue weighted by molar-refractivity contribution is -0.124. The summed E-state index contributed by atoms with van der Waals surface area (Å²) in [4.78, 5) is 37.5. The minimum atomic E-state index is -0.816. The standard InChI is InChI=1S/C25H29N5O4/c1-3-34-20-10-8-18(9-11-20)22-12-13-23(31)30(28-22)17(2)25(33)26-14-15-29-24(32)16-19-6-4-5-7-21(19)27-29/h8-13,16-17H,3-7,14-15H2,1-2H3,(H,26,33). The van der Waals surface area contributed by atoms with Crippen LogP contribution in [0.1, 0.15) is 44.0 Å². The van der Waals surface area contributed by atoms with E-state index in [0.717, 1.165) is 48.3 Å². The van der Waals surface area contributed by atoms with Crippen LogP contribution in [0.4, 0.5) is 0 Å². The average Bonchev–Trinajstić information content (AvgIpc) is 2.85. The number of carbonyl (C=O) groups is 1. The highest BCUT2D eigenvalue weighted by atomic mass is 16.5. The third-order valence-electron chi connectivity index (χ3n) is 5.93. The Kier molecular flexibility index (Phi) is 7.20. The minimum Gasteiger partial charge on any atom is -0.494 e. The van der Waals surface area contributed by atoms with Gasteiger partial charge in [-0.25, -0.2) is 9.36 Å². The maximum Gasteiger partial charge on any atom is 0.267 e. The molecule has 0 saturated heterocycles. The molecule has 4 rings (SSSR count). The van der Waals surface area contributed by atoms with E-state index in [1.807, 2.05) is 31.2 Å². The number of carbonyl (C=O) groups excluding carboxylic acids is 1. The van der Waals surface area contributed by atoms with E-state index in [1.165, 1.54) is 15.4 Å². The lowest BCUT2D eigenvalue weighted by Crippen LogP contribution is -2.39. The third-order valence-corrected chi connectivity index (χ3v) is 5.93. The molecule has 34 heavy (non-hydrogen) atoms. The minimum absolute atomic E-state index is 0.163. The predicted molar refractivity (Wildman–Crippen MR) is 128 cm³/mol. The zero-order valence-electron chi connectivity index (χ0n) is 19.5. The summed E-state index contributed by atoms with van der Waals surface area (Å²) in [5.41, 5.74) is 2.85. The molecule has 9 heteroatoms. The van der Waals surface area contributed by atoms with Crippen molar-refractivity contribution < 1.29 is 9.53 Å². The quantitative estimate of drug-likeness (QED) is 0.548. The first kappa shape index (κ1) is 23.4. The van der Waals surface area contributed by atoms with Gasteiger partial charge < -0.3 is 10.1 Å². The van der Waals surface area contributed by atoms with Crippen molar-refractivity contribution >= 4 is 5.91 Å². The molecule has 1 N–H and O–H groups in total. The van der Waals surface area contributed by atoms with Gasteiger partial charge in [0.2, 0.25) is 5.91 Å². The van der Waals surface area contributed by atoms with E-state index in [1.54, 1.807) is 19.1 Å². The highest BCUT2D eigenvalue weighted by molar-refractivity contribution is 5.79. The van der Waals surface area contributed by atoms with Gasteiger partial charge in [0.25, 0.3) is 11.1 Å². The van der Waals surface area contributed by atoms with Crippen LogP contribution >= 0.6 is 0 Å². The highest BCUT2D eigenvalue weighted by Crippen LogP contribution is 2.20. The number of fused-ring (bicyclic) bond motifs is 1. The summed E-state index contributed by atoms with van der Waals surface area (Å²) in [5.74, 6) is 0.393. The predicted octanol–water partition coefficient (Wildman–Crippen LogP) is 2.12. The molecule has 2 aromatic heterocycles. The van der Waals surface area contributed by atoms with Gasteiger partial charge in [-0.1, -0.05) is 0 Å². The monoisotopic (exact) mass is 463 g/mol. The van der Waals surface area contributed by atoms with Crippen molar-refractivity contribution in [1.82, 2.24) is 24.9 Å². The van der Waals surface area contributed by atoms with Crippen molar-refractivity contribution in [2.75, 3.05) is 13.2 Å². The Labute approximate surface area is 197 Å². The molecule has 0 fully saturated rings. The summed E-state index contributed by atoms with van der Waals surface area (Å²) in [6, 6.07) is 11.3. The number of nitrogens with one attached hydrogen (secondary N) is 1. The van der Waals surface area contributed by atoms with E-state index in [-0.39, 0.29) is 30.1 Å². The zero-order valence-corrected chi connectivity index (χ0v) is 19.5. The maximum absolute atomic E-state index is 12.7. The second kappa shape index (κ2) is 10.5. The van der Waals surface area contributed by atoms with Gasteiger partial charge in [-0.15, -0.1) is 0 Å². The summed E-state index contributed by atoms with van der Waals surface area (Å²) in [6.45, 7) is 4.60. The van der Waals surface area contributed by atoms with Gasteiger partial charge in [0.1, 0.15) is 11.8 Å². The molecule has 2 heterocycles. The SMILES string of the molecule is CCOc1ccc(-c2ccc(=O)n(C(C)C(=O)NCCn3nc4c(cc3=O)CCCC4)n2)cc1. The fourth-order valence-corrected chi connectivity index (χ4v) is 4.05. The van der Waals surface area contributed by atoms with Crippen LogP contribution in [0.25, 0.3) is 11.3 Å². The maximum atomic E-state index is 12.7. The fourth-order valence-electron chi connectivity index (χ4n) is 4.05. The molecular weight excluding hydrogens is 434 g/mol. The number of nitrogens with zero attached hydrogens (tertiary/aromatic N) is 4. The lowest BCUT2D eigenvalue weighted by atomic mass is 9.97. The molecule has 178 valence electrons. The van der Waals surface area contributed by atoms with Crippen LogP contribution < -0.4 is 21.2 Å². The highest BCUT2D eigenvalue weighted by Gasteiger charge is 2.18. The molecule has 1 amide bonds. The van der Waals surface area contributed by atoms with Crippen LogP contribution in [0.2, 0.25) is 0 Å². The van der Waals surface area contributed by atoms with Gasteiger partial charge in [0, 0.05) is 24.2 Å². The molecule has 1 aliphatic carbocycles. The molecule has 3 aromatic rings. The van der Waals surface area contributed by atoms with Crippen LogP contribution in [-0.4, -0.2) is 38.6 Å².